The largest absolute Gasteiger partial charge is 0.462 e. The zero-order valence-electron chi connectivity index (χ0n) is 20.0. The van der Waals surface area contributed by atoms with Crippen LogP contribution in [0.3, 0.4) is 0 Å². The first-order valence-corrected chi connectivity index (χ1v) is 12.2. The van der Waals surface area contributed by atoms with Gasteiger partial charge in [-0.25, -0.2) is 9.69 Å². The van der Waals surface area contributed by atoms with Gasteiger partial charge in [-0.2, -0.15) is 0 Å². The van der Waals surface area contributed by atoms with Crippen LogP contribution in [0.4, 0.5) is 11.4 Å². The lowest BCUT2D eigenvalue weighted by atomic mass is 9.75. The zero-order chi connectivity index (χ0) is 24.6. The van der Waals surface area contributed by atoms with Crippen LogP contribution in [0.25, 0.3) is 0 Å². The molecule has 4 aliphatic rings. The molecule has 2 aromatic rings. The van der Waals surface area contributed by atoms with Gasteiger partial charge in [0.15, 0.2) is 0 Å². The van der Waals surface area contributed by atoms with Crippen molar-refractivity contribution in [1.82, 2.24) is 4.90 Å². The van der Waals surface area contributed by atoms with E-state index in [2.05, 4.69) is 10.2 Å². The average Bonchev–Trinajstić information content (AvgIpc) is 3.53. The maximum absolute atomic E-state index is 14.0. The summed E-state index contributed by atoms with van der Waals surface area (Å²) in [7, 11) is 0. The van der Waals surface area contributed by atoms with Crippen molar-refractivity contribution in [3.8, 4) is 0 Å². The summed E-state index contributed by atoms with van der Waals surface area (Å²) in [5.74, 6) is -2.70. The molecule has 2 aromatic carbocycles. The number of rotatable bonds is 3. The van der Waals surface area contributed by atoms with Gasteiger partial charge < -0.3 is 10.1 Å². The minimum absolute atomic E-state index is 0.169. The van der Waals surface area contributed by atoms with Crippen molar-refractivity contribution < 1.29 is 23.9 Å². The minimum Gasteiger partial charge on any atom is -0.462 e. The van der Waals surface area contributed by atoms with E-state index in [9.17, 15) is 19.2 Å². The predicted molar refractivity (Wildman–Crippen MR) is 128 cm³/mol. The van der Waals surface area contributed by atoms with Gasteiger partial charge in [-0.1, -0.05) is 17.7 Å². The summed E-state index contributed by atoms with van der Waals surface area (Å²) in [4.78, 5) is 57.0. The second-order valence-corrected chi connectivity index (χ2v) is 9.91. The number of fused-ring (bicyclic) bond motifs is 7. The maximum Gasteiger partial charge on any atom is 0.338 e. The van der Waals surface area contributed by atoms with Gasteiger partial charge in [0.25, 0.3) is 0 Å². The molecular formula is C27H27N3O5. The van der Waals surface area contributed by atoms with Gasteiger partial charge in [0, 0.05) is 17.3 Å². The standard InChI is InChI=1S/C27H27N3O5/c1-4-35-25(33)16-7-9-17(10-8-16)30-23(31)20-19-6-5-11-29(19)27(21(20)24(30)32)18-13-14(2)12-15(3)22(18)28-26(27)34/h7-10,12-13,19-21H,4-6,11H2,1-3H3,(H,28,34). The summed E-state index contributed by atoms with van der Waals surface area (Å²) in [5.41, 5.74) is 3.09. The molecule has 0 saturated carbocycles. The topological polar surface area (TPSA) is 96.0 Å². The highest BCUT2D eigenvalue weighted by atomic mass is 16.5. The number of nitrogens with one attached hydrogen (secondary N) is 1. The number of imide groups is 1. The molecule has 0 aliphatic carbocycles. The van der Waals surface area contributed by atoms with E-state index in [0.717, 1.165) is 35.2 Å². The van der Waals surface area contributed by atoms with Crippen LogP contribution in [0.15, 0.2) is 36.4 Å². The monoisotopic (exact) mass is 473 g/mol. The van der Waals surface area contributed by atoms with Crippen LogP contribution in [0, 0.1) is 25.7 Å². The molecule has 4 atom stereocenters. The van der Waals surface area contributed by atoms with E-state index in [-0.39, 0.29) is 30.4 Å². The van der Waals surface area contributed by atoms with Crippen molar-refractivity contribution in [2.75, 3.05) is 23.4 Å². The summed E-state index contributed by atoms with van der Waals surface area (Å²) >= 11 is 0. The number of anilines is 2. The Morgan fingerprint density at radius 1 is 1.11 bits per heavy atom. The molecule has 3 fully saturated rings. The van der Waals surface area contributed by atoms with Crippen molar-refractivity contribution in [1.29, 1.82) is 0 Å². The molecule has 3 saturated heterocycles. The molecule has 3 amide bonds. The smallest absolute Gasteiger partial charge is 0.338 e. The Morgan fingerprint density at radius 2 is 1.86 bits per heavy atom. The first-order chi connectivity index (χ1) is 16.8. The van der Waals surface area contributed by atoms with Crippen LogP contribution < -0.4 is 10.2 Å². The van der Waals surface area contributed by atoms with Crippen molar-refractivity contribution in [3.63, 3.8) is 0 Å². The second kappa shape index (κ2) is 7.49. The number of ether oxygens (including phenoxy) is 1. The van der Waals surface area contributed by atoms with Crippen LogP contribution in [0.5, 0.6) is 0 Å². The van der Waals surface area contributed by atoms with E-state index >= 15 is 0 Å². The van der Waals surface area contributed by atoms with Crippen LogP contribution in [-0.2, 0) is 24.7 Å². The Labute approximate surface area is 203 Å². The summed E-state index contributed by atoms with van der Waals surface area (Å²) in [6.45, 7) is 6.60. The Hall–Kier alpha value is -3.52. The number of hydrogen-bond acceptors (Lipinski definition) is 6. The highest BCUT2D eigenvalue weighted by Crippen LogP contribution is 2.61. The molecular weight excluding hydrogens is 446 g/mol. The van der Waals surface area contributed by atoms with Crippen LogP contribution in [0.1, 0.15) is 46.8 Å². The Morgan fingerprint density at radius 3 is 2.57 bits per heavy atom. The third-order valence-corrected chi connectivity index (χ3v) is 8.08. The van der Waals surface area contributed by atoms with E-state index in [4.69, 9.17) is 4.74 Å². The number of hydrogen-bond donors (Lipinski definition) is 1. The fourth-order valence-corrected chi connectivity index (χ4v) is 6.88. The van der Waals surface area contributed by atoms with Crippen molar-refractivity contribution in [3.05, 3.63) is 58.7 Å². The van der Waals surface area contributed by atoms with E-state index in [0.29, 0.717) is 17.8 Å². The summed E-state index contributed by atoms with van der Waals surface area (Å²) in [6, 6.07) is 10.2. The molecule has 35 heavy (non-hydrogen) atoms. The van der Waals surface area contributed by atoms with Gasteiger partial charge in [0.1, 0.15) is 5.54 Å². The number of carbonyl (C=O) groups excluding carboxylic acids is 4. The number of carbonyl (C=O) groups is 4. The van der Waals surface area contributed by atoms with Crippen molar-refractivity contribution in [2.24, 2.45) is 11.8 Å². The van der Waals surface area contributed by atoms with Crippen LogP contribution in [-0.4, -0.2) is 47.8 Å². The van der Waals surface area contributed by atoms with Crippen LogP contribution >= 0.6 is 0 Å². The second-order valence-electron chi connectivity index (χ2n) is 9.91. The number of aryl methyl sites for hydroxylation is 2. The Balaban J connectivity index is 1.46. The number of esters is 1. The highest BCUT2D eigenvalue weighted by Gasteiger charge is 2.74. The molecule has 4 aliphatic heterocycles. The summed E-state index contributed by atoms with van der Waals surface area (Å²) in [5, 5.41) is 3.06. The van der Waals surface area contributed by atoms with E-state index in [1.165, 1.54) is 4.90 Å². The molecule has 0 radical (unpaired) electrons. The van der Waals surface area contributed by atoms with E-state index in [1.807, 2.05) is 26.0 Å². The Kier molecular flexibility index (Phi) is 4.70. The lowest BCUT2D eigenvalue weighted by Crippen LogP contribution is -2.54. The summed E-state index contributed by atoms with van der Waals surface area (Å²) < 4.78 is 5.03. The molecule has 0 aromatic heterocycles. The van der Waals surface area contributed by atoms with Gasteiger partial charge in [0.2, 0.25) is 17.7 Å². The van der Waals surface area contributed by atoms with Gasteiger partial charge in [-0.15, -0.1) is 0 Å². The predicted octanol–water partition coefficient (Wildman–Crippen LogP) is 2.91. The summed E-state index contributed by atoms with van der Waals surface area (Å²) in [6.07, 6.45) is 1.64. The maximum atomic E-state index is 14.0. The molecule has 6 rings (SSSR count). The molecule has 4 heterocycles. The first-order valence-electron chi connectivity index (χ1n) is 12.2. The van der Waals surface area contributed by atoms with E-state index < -0.39 is 23.3 Å². The fourth-order valence-electron chi connectivity index (χ4n) is 6.88. The Bertz CT molecular complexity index is 1300. The molecule has 8 nitrogen and oxygen atoms in total. The lowest BCUT2D eigenvalue weighted by molar-refractivity contribution is -0.135. The number of nitrogens with zero attached hydrogens (tertiary/aromatic N) is 2. The average molecular weight is 474 g/mol. The molecule has 4 unspecified atom stereocenters. The molecule has 1 N–H and O–H groups in total. The first kappa shape index (κ1) is 22.0. The fraction of sp³-hybridized carbons (Fsp3) is 0.407. The third-order valence-electron chi connectivity index (χ3n) is 8.08. The molecule has 1 spiro atoms. The quantitative estimate of drug-likeness (QED) is 0.544. The highest BCUT2D eigenvalue weighted by molar-refractivity contribution is 6.26. The molecule has 0 bridgehead atoms. The van der Waals surface area contributed by atoms with E-state index in [1.54, 1.807) is 31.2 Å². The van der Waals surface area contributed by atoms with Crippen LogP contribution in [0.2, 0.25) is 0 Å². The molecule has 180 valence electrons. The number of benzene rings is 2. The third kappa shape index (κ3) is 2.71. The van der Waals surface area contributed by atoms with Gasteiger partial charge in [-0.05, 0) is 70.0 Å². The van der Waals surface area contributed by atoms with Crippen molar-refractivity contribution in [2.45, 2.75) is 45.2 Å². The minimum atomic E-state index is -1.19. The molecule has 8 heteroatoms. The van der Waals surface area contributed by atoms with Gasteiger partial charge >= 0.3 is 5.97 Å². The van der Waals surface area contributed by atoms with Gasteiger partial charge in [0.05, 0.1) is 29.7 Å². The number of amides is 3. The lowest BCUT2D eigenvalue weighted by Gasteiger charge is -2.36. The SMILES string of the molecule is CCOC(=O)c1ccc(N2C(=O)C3C4CCCN4C4(C(=O)Nc5c(C)cc(C)cc54)C3C2=O)cc1. The van der Waals surface area contributed by atoms with Crippen molar-refractivity contribution >= 4 is 35.1 Å². The zero-order valence-corrected chi connectivity index (χ0v) is 20.0. The van der Waals surface area contributed by atoms with Gasteiger partial charge in [-0.3, -0.25) is 19.3 Å². The normalized spacial score (nSPS) is 28.9.